The number of nitrogens with zero attached hydrogens (tertiary/aromatic N) is 3. The molecule has 8 heteroatoms. The van der Waals surface area contributed by atoms with Crippen molar-refractivity contribution in [2.45, 2.75) is 64.1 Å². The van der Waals surface area contributed by atoms with Crippen LogP contribution < -0.4 is 5.32 Å². The molecule has 2 aliphatic heterocycles. The van der Waals surface area contributed by atoms with E-state index >= 15 is 0 Å². The first-order valence-corrected chi connectivity index (χ1v) is 15.1. The number of benzene rings is 2. The number of hydrogen-bond acceptors (Lipinski definition) is 4. The van der Waals surface area contributed by atoms with E-state index in [1.54, 1.807) is 11.8 Å². The van der Waals surface area contributed by atoms with Crippen molar-refractivity contribution in [1.29, 1.82) is 0 Å². The minimum absolute atomic E-state index is 0.0162. The van der Waals surface area contributed by atoms with E-state index < -0.39 is 0 Å². The molecule has 0 bridgehead atoms. The van der Waals surface area contributed by atoms with E-state index in [0.717, 1.165) is 48.0 Å². The van der Waals surface area contributed by atoms with Crippen molar-refractivity contribution in [3.05, 3.63) is 70.9 Å². The third kappa shape index (κ3) is 7.45. The van der Waals surface area contributed by atoms with Crippen molar-refractivity contribution in [2.24, 2.45) is 0 Å². The van der Waals surface area contributed by atoms with Crippen LogP contribution >= 0.6 is 11.6 Å². The molecule has 0 spiro atoms. The van der Waals surface area contributed by atoms with E-state index in [0.29, 0.717) is 37.1 Å². The zero-order valence-electron chi connectivity index (χ0n) is 23.6. The predicted molar refractivity (Wildman–Crippen MR) is 161 cm³/mol. The Bertz CT molecular complexity index is 1280. The minimum Gasteiger partial charge on any atom is -0.361 e. The number of hydrogen-bond donors (Lipinski definition) is 2. The molecule has 0 unspecified atom stereocenters. The average Bonchev–Trinajstić information content (AvgIpc) is 3.37. The third-order valence-electron chi connectivity index (χ3n) is 8.54. The van der Waals surface area contributed by atoms with Crippen LogP contribution in [-0.4, -0.2) is 82.9 Å². The SMILES string of the molecule is CC(=O)N(Cc1ccccc1Cl)C[C@H](Cc1c[nH]c2ccccc12)NC(=O)CN1CCC(N2CCCCC2)CC1. The maximum atomic E-state index is 13.4. The summed E-state index contributed by atoms with van der Waals surface area (Å²) in [5.74, 6) is -0.0274. The number of likely N-dealkylation sites (tertiary alicyclic amines) is 2. The Morgan fingerprint density at radius 2 is 1.73 bits per heavy atom. The lowest BCUT2D eigenvalue weighted by atomic mass is 10.00. The number of fused-ring (bicyclic) bond motifs is 1. The summed E-state index contributed by atoms with van der Waals surface area (Å²) >= 11 is 6.42. The number of nitrogens with one attached hydrogen (secondary N) is 2. The molecule has 0 radical (unpaired) electrons. The summed E-state index contributed by atoms with van der Waals surface area (Å²) in [6.07, 6.45) is 8.88. The molecule has 3 aromatic rings. The lowest BCUT2D eigenvalue weighted by molar-refractivity contribution is -0.131. The number of aromatic amines is 1. The molecular weight excluding hydrogens is 522 g/mol. The molecule has 1 atom stereocenters. The van der Waals surface area contributed by atoms with Gasteiger partial charge in [0.1, 0.15) is 0 Å². The zero-order chi connectivity index (χ0) is 27.9. The summed E-state index contributed by atoms with van der Waals surface area (Å²) in [4.78, 5) is 36.2. The molecule has 2 saturated heterocycles. The van der Waals surface area contributed by atoms with E-state index in [-0.39, 0.29) is 17.9 Å². The van der Waals surface area contributed by atoms with Gasteiger partial charge in [-0.05, 0) is 68.5 Å². The molecule has 2 N–H and O–H groups in total. The van der Waals surface area contributed by atoms with Gasteiger partial charge in [-0.1, -0.05) is 54.4 Å². The largest absolute Gasteiger partial charge is 0.361 e. The first-order chi connectivity index (χ1) is 19.5. The van der Waals surface area contributed by atoms with Gasteiger partial charge in [0, 0.05) is 61.3 Å². The fourth-order valence-corrected chi connectivity index (χ4v) is 6.53. The molecule has 0 saturated carbocycles. The summed E-state index contributed by atoms with van der Waals surface area (Å²) < 4.78 is 0. The van der Waals surface area contributed by atoms with Crippen LogP contribution in [0.25, 0.3) is 10.9 Å². The van der Waals surface area contributed by atoms with Crippen LogP contribution in [0.15, 0.2) is 54.7 Å². The van der Waals surface area contributed by atoms with Gasteiger partial charge in [-0.2, -0.15) is 0 Å². The van der Waals surface area contributed by atoms with Gasteiger partial charge in [0.25, 0.3) is 0 Å². The Hall–Kier alpha value is -2.87. The Labute approximate surface area is 242 Å². The molecule has 2 aliphatic rings. The van der Waals surface area contributed by atoms with Gasteiger partial charge >= 0.3 is 0 Å². The van der Waals surface area contributed by atoms with E-state index in [2.05, 4.69) is 32.2 Å². The standard InChI is InChI=1S/C32H42ClN5O2/c1-24(39)38(21-25-9-3-5-11-30(25)33)22-27(19-26-20-34-31-12-6-4-10-29(26)31)35-32(40)23-36-17-13-28(14-18-36)37-15-7-2-8-16-37/h3-6,9-12,20,27-28,34H,2,7-8,13-19,21-23H2,1H3,(H,35,40)/t27-/m0/s1. The maximum absolute atomic E-state index is 13.4. The Morgan fingerprint density at radius 3 is 2.48 bits per heavy atom. The third-order valence-corrected chi connectivity index (χ3v) is 8.91. The number of rotatable bonds is 10. The molecule has 0 aliphatic carbocycles. The first-order valence-electron chi connectivity index (χ1n) is 14.8. The Kier molecular flexibility index (Phi) is 9.79. The Balaban J connectivity index is 1.24. The second-order valence-electron chi connectivity index (χ2n) is 11.4. The number of amides is 2. The molecule has 40 heavy (non-hydrogen) atoms. The van der Waals surface area contributed by atoms with Crippen LogP contribution in [0.2, 0.25) is 5.02 Å². The minimum atomic E-state index is -0.232. The van der Waals surface area contributed by atoms with Gasteiger partial charge < -0.3 is 20.1 Å². The van der Waals surface area contributed by atoms with Crippen molar-refractivity contribution in [3.63, 3.8) is 0 Å². The molecule has 2 amide bonds. The number of carbonyl (C=O) groups is 2. The number of H-pyrrole nitrogens is 1. The molecular formula is C32H42ClN5O2. The monoisotopic (exact) mass is 563 g/mol. The molecule has 2 aromatic carbocycles. The average molecular weight is 564 g/mol. The van der Waals surface area contributed by atoms with E-state index in [1.165, 1.54) is 32.4 Å². The molecule has 214 valence electrons. The molecule has 7 nitrogen and oxygen atoms in total. The molecule has 3 heterocycles. The van der Waals surface area contributed by atoms with Crippen LogP contribution in [0.5, 0.6) is 0 Å². The van der Waals surface area contributed by atoms with Crippen LogP contribution in [0.1, 0.15) is 50.2 Å². The topological polar surface area (TPSA) is 71.7 Å². The fourth-order valence-electron chi connectivity index (χ4n) is 6.33. The molecule has 5 rings (SSSR count). The highest BCUT2D eigenvalue weighted by molar-refractivity contribution is 6.31. The van der Waals surface area contributed by atoms with Gasteiger partial charge in [-0.3, -0.25) is 14.5 Å². The summed E-state index contributed by atoms with van der Waals surface area (Å²) in [6.45, 7) is 7.13. The summed E-state index contributed by atoms with van der Waals surface area (Å²) in [5, 5.41) is 5.07. The highest BCUT2D eigenvalue weighted by atomic mass is 35.5. The van der Waals surface area contributed by atoms with Crippen LogP contribution in [0, 0.1) is 0 Å². The zero-order valence-corrected chi connectivity index (χ0v) is 24.3. The second-order valence-corrected chi connectivity index (χ2v) is 11.8. The van der Waals surface area contributed by atoms with Crippen molar-refractivity contribution >= 4 is 34.3 Å². The van der Waals surface area contributed by atoms with Gasteiger partial charge in [0.05, 0.1) is 12.6 Å². The maximum Gasteiger partial charge on any atom is 0.234 e. The van der Waals surface area contributed by atoms with E-state index in [9.17, 15) is 9.59 Å². The summed E-state index contributed by atoms with van der Waals surface area (Å²) in [7, 11) is 0. The number of para-hydroxylation sites is 1. The molecule has 1 aromatic heterocycles. The Morgan fingerprint density at radius 1 is 1.00 bits per heavy atom. The van der Waals surface area contributed by atoms with Crippen molar-refractivity contribution in [2.75, 3.05) is 39.3 Å². The highest BCUT2D eigenvalue weighted by Crippen LogP contribution is 2.22. The predicted octanol–water partition coefficient (Wildman–Crippen LogP) is 4.85. The summed E-state index contributed by atoms with van der Waals surface area (Å²) in [5.41, 5.74) is 3.09. The van der Waals surface area contributed by atoms with Crippen molar-refractivity contribution in [3.8, 4) is 0 Å². The normalized spacial score (nSPS) is 18.1. The molecule has 2 fully saturated rings. The number of aromatic nitrogens is 1. The van der Waals surface area contributed by atoms with E-state index in [4.69, 9.17) is 11.6 Å². The van der Waals surface area contributed by atoms with E-state index in [1.807, 2.05) is 42.6 Å². The van der Waals surface area contributed by atoms with Gasteiger partial charge in [0.15, 0.2) is 0 Å². The van der Waals surface area contributed by atoms with Crippen LogP contribution in [0.4, 0.5) is 0 Å². The second kappa shape index (κ2) is 13.7. The smallest absolute Gasteiger partial charge is 0.234 e. The van der Waals surface area contributed by atoms with Crippen molar-refractivity contribution in [1.82, 2.24) is 25.0 Å². The van der Waals surface area contributed by atoms with Gasteiger partial charge in [-0.15, -0.1) is 0 Å². The van der Waals surface area contributed by atoms with Crippen LogP contribution in [-0.2, 0) is 22.6 Å². The lowest BCUT2D eigenvalue weighted by Crippen LogP contribution is -2.51. The first kappa shape index (κ1) is 28.7. The van der Waals surface area contributed by atoms with Crippen molar-refractivity contribution < 1.29 is 9.59 Å². The number of piperidine rings is 2. The summed E-state index contributed by atoms with van der Waals surface area (Å²) in [6, 6.07) is 16.2. The highest BCUT2D eigenvalue weighted by Gasteiger charge is 2.27. The number of halogens is 1. The van der Waals surface area contributed by atoms with Gasteiger partial charge in [0.2, 0.25) is 11.8 Å². The lowest BCUT2D eigenvalue weighted by Gasteiger charge is -2.40. The number of carbonyl (C=O) groups excluding carboxylic acids is 2. The fraction of sp³-hybridized carbons (Fsp3) is 0.500. The van der Waals surface area contributed by atoms with Crippen LogP contribution in [0.3, 0.4) is 0 Å². The van der Waals surface area contributed by atoms with Gasteiger partial charge in [-0.25, -0.2) is 0 Å². The quantitative estimate of drug-likeness (QED) is 0.370.